The van der Waals surface area contributed by atoms with Gasteiger partial charge in [0.2, 0.25) is 0 Å². The average molecular weight is 448 g/mol. The van der Waals surface area contributed by atoms with E-state index < -0.39 is 6.17 Å². The first-order chi connectivity index (χ1) is 15.7. The summed E-state index contributed by atoms with van der Waals surface area (Å²) in [5.74, 6) is 0.673. The molecule has 0 spiro atoms. The number of rotatable bonds is 4. The van der Waals surface area contributed by atoms with Crippen LogP contribution in [-0.4, -0.2) is 36.0 Å². The number of phenols is 1. The Labute approximate surface area is 193 Å². The van der Waals surface area contributed by atoms with E-state index in [1.807, 2.05) is 6.07 Å². The van der Waals surface area contributed by atoms with E-state index in [-0.39, 0.29) is 22.5 Å². The van der Waals surface area contributed by atoms with Gasteiger partial charge in [0, 0.05) is 35.4 Å². The van der Waals surface area contributed by atoms with Gasteiger partial charge in [-0.3, -0.25) is 0 Å². The largest absolute Gasteiger partial charge is 0.507 e. The highest BCUT2D eigenvalue weighted by atomic mass is 19.1. The Morgan fingerprint density at radius 3 is 2.70 bits per heavy atom. The van der Waals surface area contributed by atoms with Gasteiger partial charge in [0.25, 0.3) is 0 Å². The van der Waals surface area contributed by atoms with Gasteiger partial charge in [-0.25, -0.2) is 14.4 Å². The van der Waals surface area contributed by atoms with Crippen molar-refractivity contribution in [2.45, 2.75) is 52.6 Å². The zero-order chi connectivity index (χ0) is 23.4. The molecule has 0 aliphatic heterocycles. The molecular formula is C26H30FN5O. The number of halogens is 1. The minimum Gasteiger partial charge on any atom is -0.507 e. The smallest absolute Gasteiger partial charge is 0.177 e. The predicted molar refractivity (Wildman–Crippen MR) is 125 cm³/mol. The molecule has 33 heavy (non-hydrogen) atoms. The molecular weight excluding hydrogens is 417 g/mol. The predicted octanol–water partition coefficient (Wildman–Crippen LogP) is 5.63. The lowest BCUT2D eigenvalue weighted by Gasteiger charge is -2.56. The van der Waals surface area contributed by atoms with Crippen molar-refractivity contribution in [3.63, 3.8) is 0 Å². The van der Waals surface area contributed by atoms with Crippen LogP contribution < -0.4 is 0 Å². The maximum Gasteiger partial charge on any atom is 0.177 e. The second kappa shape index (κ2) is 7.75. The maximum atomic E-state index is 15.8. The summed E-state index contributed by atoms with van der Waals surface area (Å²) in [5, 5.41) is 19.1. The highest BCUT2D eigenvalue weighted by molar-refractivity contribution is 5.68. The molecule has 1 unspecified atom stereocenters. The lowest BCUT2D eigenvalue weighted by Crippen LogP contribution is -2.51. The number of benzene rings is 1. The summed E-state index contributed by atoms with van der Waals surface area (Å²) in [6, 6.07) is 5.28. The minimum absolute atomic E-state index is 0.0720. The number of phenolic OH excluding ortho intramolecular Hbond substituents is 1. The van der Waals surface area contributed by atoms with Gasteiger partial charge in [0.05, 0.1) is 18.2 Å². The zero-order valence-corrected chi connectivity index (χ0v) is 19.4. The molecule has 1 aromatic carbocycles. The van der Waals surface area contributed by atoms with Crippen molar-refractivity contribution in [1.29, 1.82) is 0 Å². The molecule has 2 fully saturated rings. The van der Waals surface area contributed by atoms with Crippen LogP contribution in [0.3, 0.4) is 0 Å². The van der Waals surface area contributed by atoms with Crippen LogP contribution >= 0.6 is 0 Å². The van der Waals surface area contributed by atoms with E-state index in [4.69, 9.17) is 0 Å². The number of nitrogens with zero attached hydrogens (tertiary/aromatic N) is 5. The standard InChI is InChI=1S/C26H30FN5O/c1-16-10-25(3)12-20(23(27)26(4,11-16)14-25)17(2)24-29-13-21(30-31-24)19-6-5-18(9-22(19)33)32-8-7-28-15-32/h5-9,13,15-16,20,23,33H,2,10-12,14H2,1,3-4H3/t16?,20-,23-,25+,26+/m1/s1. The molecule has 5 atom stereocenters. The first-order valence-corrected chi connectivity index (χ1v) is 11.5. The van der Waals surface area contributed by atoms with Crippen LogP contribution in [0.25, 0.3) is 22.5 Å². The molecule has 2 heterocycles. The monoisotopic (exact) mass is 447 g/mol. The van der Waals surface area contributed by atoms with Crippen LogP contribution in [0, 0.1) is 22.7 Å². The first-order valence-electron chi connectivity index (χ1n) is 11.5. The molecule has 0 saturated heterocycles. The Kier molecular flexibility index (Phi) is 5.10. The molecule has 6 nitrogen and oxygen atoms in total. The summed E-state index contributed by atoms with van der Waals surface area (Å²) < 4.78 is 17.6. The number of aromatic hydroxyl groups is 1. The number of alkyl halides is 1. The lowest BCUT2D eigenvalue weighted by atomic mass is 9.50. The molecule has 2 bridgehead atoms. The van der Waals surface area contributed by atoms with Gasteiger partial charge in [0.15, 0.2) is 5.82 Å². The van der Waals surface area contributed by atoms with Crippen molar-refractivity contribution in [2.24, 2.45) is 22.7 Å². The number of imidazole rings is 1. The summed E-state index contributed by atoms with van der Waals surface area (Å²) in [5.41, 5.74) is 2.15. The van der Waals surface area contributed by atoms with Gasteiger partial charge in [-0.15, -0.1) is 10.2 Å². The Hall–Kier alpha value is -3.09. The van der Waals surface area contributed by atoms with Gasteiger partial charge in [-0.2, -0.15) is 0 Å². The van der Waals surface area contributed by atoms with Gasteiger partial charge >= 0.3 is 0 Å². The number of fused-ring (bicyclic) bond motifs is 2. The highest BCUT2D eigenvalue weighted by Gasteiger charge is 2.55. The molecule has 5 rings (SSSR count). The topological polar surface area (TPSA) is 76.7 Å². The third-order valence-corrected chi connectivity index (χ3v) is 7.57. The van der Waals surface area contributed by atoms with Crippen LogP contribution in [0.15, 0.2) is 49.7 Å². The van der Waals surface area contributed by atoms with Crippen LogP contribution in [0.2, 0.25) is 0 Å². The van der Waals surface area contributed by atoms with E-state index in [0.29, 0.717) is 28.6 Å². The van der Waals surface area contributed by atoms with E-state index in [0.717, 1.165) is 31.4 Å². The van der Waals surface area contributed by atoms with Gasteiger partial charge in [-0.1, -0.05) is 27.4 Å². The second-order valence-electron chi connectivity index (χ2n) is 10.7. The normalized spacial score (nSPS) is 31.3. The molecule has 2 saturated carbocycles. The fourth-order valence-electron chi connectivity index (χ4n) is 6.63. The number of hydrogen-bond donors (Lipinski definition) is 1. The number of allylic oxidation sites excluding steroid dienone is 1. The minimum atomic E-state index is -0.969. The van der Waals surface area contributed by atoms with Crippen molar-refractivity contribution < 1.29 is 9.50 Å². The van der Waals surface area contributed by atoms with Gasteiger partial charge < -0.3 is 9.67 Å². The average Bonchev–Trinajstić information content (AvgIpc) is 3.30. The molecule has 2 aromatic heterocycles. The summed E-state index contributed by atoms with van der Waals surface area (Å²) in [6.45, 7) is 10.8. The SMILES string of the molecule is C=C(c1ncc(-c2ccc(-n3ccnc3)cc2O)nn1)[C@H]1C[C@]2(C)CC(C)C[C@@](C)(C2)[C@@H]1F. The summed E-state index contributed by atoms with van der Waals surface area (Å²) in [6.07, 6.45) is 9.44. The van der Waals surface area contributed by atoms with Crippen LogP contribution in [-0.2, 0) is 0 Å². The van der Waals surface area contributed by atoms with E-state index in [2.05, 4.69) is 47.5 Å². The lowest BCUT2D eigenvalue weighted by molar-refractivity contribution is -0.0806. The molecule has 0 amide bonds. The maximum absolute atomic E-state index is 15.8. The van der Waals surface area contributed by atoms with E-state index in [1.165, 1.54) is 0 Å². The van der Waals surface area contributed by atoms with Crippen molar-refractivity contribution in [3.8, 4) is 22.7 Å². The number of hydrogen-bond acceptors (Lipinski definition) is 5. The summed E-state index contributed by atoms with van der Waals surface area (Å²) in [7, 11) is 0. The van der Waals surface area contributed by atoms with Crippen LogP contribution in [0.4, 0.5) is 4.39 Å². The molecule has 172 valence electrons. The molecule has 0 radical (unpaired) electrons. The first kappa shape index (κ1) is 21.7. The summed E-state index contributed by atoms with van der Waals surface area (Å²) in [4.78, 5) is 8.49. The molecule has 7 heteroatoms. The Morgan fingerprint density at radius 2 is 2.03 bits per heavy atom. The molecule has 2 aliphatic rings. The molecule has 2 aliphatic carbocycles. The van der Waals surface area contributed by atoms with Gasteiger partial charge in [-0.05, 0) is 54.7 Å². The van der Waals surface area contributed by atoms with E-state index in [9.17, 15) is 5.11 Å². The number of aromatic nitrogens is 5. The quantitative estimate of drug-likeness (QED) is 0.561. The fourth-order valence-corrected chi connectivity index (χ4v) is 6.63. The third kappa shape index (κ3) is 3.83. The Bertz CT molecular complexity index is 1180. The van der Waals surface area contributed by atoms with Crippen molar-refractivity contribution in [1.82, 2.24) is 24.7 Å². The zero-order valence-electron chi connectivity index (χ0n) is 19.4. The third-order valence-electron chi connectivity index (χ3n) is 7.57. The molecule has 3 aromatic rings. The van der Waals surface area contributed by atoms with Crippen molar-refractivity contribution in [2.75, 3.05) is 0 Å². The van der Waals surface area contributed by atoms with Crippen LogP contribution in [0.1, 0.15) is 52.3 Å². The highest BCUT2D eigenvalue weighted by Crippen LogP contribution is 2.61. The van der Waals surface area contributed by atoms with Crippen molar-refractivity contribution in [3.05, 3.63) is 55.5 Å². The fraction of sp³-hybridized carbons (Fsp3) is 0.462. The second-order valence-corrected chi connectivity index (χ2v) is 10.7. The van der Waals surface area contributed by atoms with E-state index in [1.54, 1.807) is 41.6 Å². The van der Waals surface area contributed by atoms with E-state index >= 15 is 4.39 Å². The van der Waals surface area contributed by atoms with Crippen molar-refractivity contribution >= 4 is 5.57 Å². The van der Waals surface area contributed by atoms with Crippen LogP contribution in [0.5, 0.6) is 5.75 Å². The summed E-state index contributed by atoms with van der Waals surface area (Å²) >= 11 is 0. The molecule has 1 N–H and O–H groups in total. The van der Waals surface area contributed by atoms with Gasteiger partial charge in [0.1, 0.15) is 17.6 Å². The Morgan fingerprint density at radius 1 is 1.21 bits per heavy atom. The Balaban J connectivity index is 1.38.